The maximum Gasteiger partial charge on any atom is 0.412 e. The topological polar surface area (TPSA) is 148 Å². The summed E-state index contributed by atoms with van der Waals surface area (Å²) in [5.41, 5.74) is 2.50. The number of aliphatic hydroxyl groups excluding tert-OH is 2. The van der Waals surface area contributed by atoms with Crippen LogP contribution in [-0.2, 0) is 14.3 Å². The molecule has 1 heterocycles. The van der Waals surface area contributed by atoms with Crippen LogP contribution >= 0.6 is 0 Å². The van der Waals surface area contributed by atoms with Gasteiger partial charge in [-0.15, -0.1) is 6.58 Å². The van der Waals surface area contributed by atoms with Crippen molar-refractivity contribution in [2.24, 2.45) is 22.9 Å². The molecule has 6 atom stereocenters. The Morgan fingerprint density at radius 1 is 0.982 bits per heavy atom. The van der Waals surface area contributed by atoms with Crippen LogP contribution in [0.15, 0.2) is 47.7 Å². The van der Waals surface area contributed by atoms with Crippen molar-refractivity contribution in [2.75, 3.05) is 47.1 Å². The molecule has 0 radical (unpaired) electrons. The average Bonchev–Trinajstić information content (AvgIpc) is 3.20. The molecule has 0 saturated heterocycles. The third-order valence-electron chi connectivity index (χ3n) is 11.9. The Labute approximate surface area is 341 Å². The summed E-state index contributed by atoms with van der Waals surface area (Å²) in [5, 5.41) is 27.0. The van der Waals surface area contributed by atoms with Gasteiger partial charge in [0.25, 0.3) is 0 Å². The number of unbranched alkanes of at least 4 members (excludes halogenated alkanes) is 11. The summed E-state index contributed by atoms with van der Waals surface area (Å²) in [5.74, 6) is -0.930. The number of hydrogen-bond acceptors (Lipinski definition) is 10. The van der Waals surface area contributed by atoms with Crippen molar-refractivity contribution in [3.05, 3.63) is 48.1 Å². The molecule has 0 bridgehead atoms. The standard InChI is InChI=1S/C45H71N3O9/c1-6-9-10-11-12-13-14-15-16-19-26-46-43(51)56-34-24-25-39-37(31-34)41-35(23-18-21-28-50)33(22-17-20-27-49)30-36-38(47-53-5)32-40(48(4)44(52)54-8-3)45(57-39,42(36)41)55-29-7-2/h7,24-25,30-31,33,35,40-42,49-50H,2,6,8-23,26-29,32H2,1,3-5H3,(H,46,51)/t33-,35+,40-,41+,42+,45+/m0/s1. The fourth-order valence-electron chi connectivity index (χ4n) is 9.20. The summed E-state index contributed by atoms with van der Waals surface area (Å²) in [6, 6.07) is 4.82. The van der Waals surface area contributed by atoms with E-state index in [1.165, 1.54) is 58.5 Å². The highest BCUT2D eigenvalue weighted by atomic mass is 16.7. The van der Waals surface area contributed by atoms with Gasteiger partial charge in [-0.1, -0.05) is 94.9 Å². The first kappa shape index (κ1) is 46.1. The molecule has 2 aliphatic carbocycles. The van der Waals surface area contributed by atoms with Crippen molar-refractivity contribution in [2.45, 2.75) is 141 Å². The first-order valence-corrected chi connectivity index (χ1v) is 21.8. The molecular formula is C45H71N3O9. The van der Waals surface area contributed by atoms with E-state index in [0.29, 0.717) is 36.6 Å². The van der Waals surface area contributed by atoms with Crippen molar-refractivity contribution < 1.29 is 43.6 Å². The molecule has 12 heteroatoms. The maximum atomic E-state index is 13.5. The highest BCUT2D eigenvalue weighted by Gasteiger charge is 2.65. The number of allylic oxidation sites excluding steroid dienone is 1. The molecule has 4 rings (SSSR count). The lowest BCUT2D eigenvalue weighted by Crippen LogP contribution is -2.69. The number of carbonyl (C=O) groups excluding carboxylic acids is 2. The number of nitrogens with one attached hydrogen (secondary N) is 1. The van der Waals surface area contributed by atoms with Crippen LogP contribution in [0.25, 0.3) is 0 Å². The lowest BCUT2D eigenvalue weighted by molar-refractivity contribution is -0.253. The molecule has 1 aromatic carbocycles. The number of amides is 2. The zero-order valence-corrected chi connectivity index (χ0v) is 35.2. The van der Waals surface area contributed by atoms with E-state index >= 15 is 0 Å². The second-order valence-corrected chi connectivity index (χ2v) is 15.8. The monoisotopic (exact) mass is 798 g/mol. The molecule has 2 amide bonds. The Morgan fingerprint density at radius 2 is 1.67 bits per heavy atom. The van der Waals surface area contributed by atoms with Crippen LogP contribution in [0, 0.1) is 17.8 Å². The number of oxime groups is 1. The second kappa shape index (κ2) is 24.3. The van der Waals surface area contributed by atoms with Crippen LogP contribution < -0.4 is 14.8 Å². The van der Waals surface area contributed by atoms with E-state index in [-0.39, 0.29) is 50.6 Å². The van der Waals surface area contributed by atoms with Crippen LogP contribution in [0.3, 0.4) is 0 Å². The number of likely N-dealkylation sites (N-methyl/N-ethyl adjacent to an activating group) is 1. The van der Waals surface area contributed by atoms with Gasteiger partial charge in [0.1, 0.15) is 24.7 Å². The third-order valence-corrected chi connectivity index (χ3v) is 11.9. The molecule has 0 unspecified atom stereocenters. The van der Waals surface area contributed by atoms with E-state index in [1.54, 1.807) is 31.0 Å². The highest BCUT2D eigenvalue weighted by Crippen LogP contribution is 2.61. The van der Waals surface area contributed by atoms with Gasteiger partial charge < -0.3 is 44.2 Å². The minimum atomic E-state index is -1.37. The first-order chi connectivity index (χ1) is 27.8. The largest absolute Gasteiger partial charge is 0.459 e. The molecule has 57 heavy (non-hydrogen) atoms. The summed E-state index contributed by atoms with van der Waals surface area (Å²) >= 11 is 0. The smallest absolute Gasteiger partial charge is 0.412 e. The van der Waals surface area contributed by atoms with Gasteiger partial charge in [0, 0.05) is 44.7 Å². The quantitative estimate of drug-likeness (QED) is 0.0474. The molecule has 0 aromatic heterocycles. The van der Waals surface area contributed by atoms with Crippen molar-refractivity contribution in [3.63, 3.8) is 0 Å². The number of carbonyl (C=O) groups is 2. The van der Waals surface area contributed by atoms with Gasteiger partial charge >= 0.3 is 12.2 Å². The van der Waals surface area contributed by atoms with Gasteiger partial charge in [0.2, 0.25) is 5.79 Å². The van der Waals surface area contributed by atoms with Crippen molar-refractivity contribution in [3.8, 4) is 11.5 Å². The van der Waals surface area contributed by atoms with E-state index in [2.05, 4.69) is 30.1 Å². The SMILES string of the molecule is C=CCO[C@@]12Oc3ccc(OC(=O)NCCCCCCCCCCCC)cc3[C@H]3[C@H](CCCCO)[C@@H](CCCCO)C=C(C(=NOC)C[C@@H]1N(C)C(=O)OCC)[C@H]32. The van der Waals surface area contributed by atoms with Gasteiger partial charge in [-0.3, -0.25) is 0 Å². The average molecular weight is 798 g/mol. The van der Waals surface area contributed by atoms with Crippen LogP contribution in [0.4, 0.5) is 9.59 Å². The molecule has 1 aliphatic heterocycles. The molecule has 3 aliphatic rings. The number of hydrogen-bond donors (Lipinski definition) is 3. The molecule has 12 nitrogen and oxygen atoms in total. The Bertz CT molecular complexity index is 1470. The Hall–Kier alpha value is -3.61. The summed E-state index contributed by atoms with van der Waals surface area (Å²) < 4.78 is 25.3. The van der Waals surface area contributed by atoms with Crippen LogP contribution in [0.5, 0.6) is 11.5 Å². The van der Waals surface area contributed by atoms with Crippen LogP contribution in [0.2, 0.25) is 0 Å². The zero-order chi connectivity index (χ0) is 41.0. The van der Waals surface area contributed by atoms with Gasteiger partial charge in [-0.05, 0) is 74.6 Å². The number of aliphatic hydroxyl groups is 2. The number of ether oxygens (including phenoxy) is 4. The Balaban J connectivity index is 1.68. The predicted molar refractivity (Wildman–Crippen MR) is 223 cm³/mol. The molecular weight excluding hydrogens is 727 g/mol. The molecule has 3 N–H and O–H groups in total. The fourth-order valence-corrected chi connectivity index (χ4v) is 9.20. The van der Waals surface area contributed by atoms with E-state index < -0.39 is 29.9 Å². The summed E-state index contributed by atoms with van der Waals surface area (Å²) in [4.78, 5) is 33.6. The lowest BCUT2D eigenvalue weighted by Gasteiger charge is -2.59. The van der Waals surface area contributed by atoms with Crippen molar-refractivity contribution >= 4 is 17.9 Å². The number of benzene rings is 1. The van der Waals surface area contributed by atoms with Gasteiger partial charge in [-0.2, -0.15) is 0 Å². The highest BCUT2D eigenvalue weighted by molar-refractivity contribution is 6.02. The summed E-state index contributed by atoms with van der Waals surface area (Å²) in [6.45, 7) is 9.06. The predicted octanol–water partition coefficient (Wildman–Crippen LogP) is 9.05. The second-order valence-electron chi connectivity index (χ2n) is 15.8. The van der Waals surface area contributed by atoms with E-state index in [0.717, 1.165) is 49.7 Å². The maximum absolute atomic E-state index is 13.5. The zero-order valence-electron chi connectivity index (χ0n) is 35.2. The number of rotatable bonds is 26. The fraction of sp³-hybridized carbons (Fsp3) is 0.711. The van der Waals surface area contributed by atoms with Crippen LogP contribution in [0.1, 0.15) is 134 Å². The normalized spacial score (nSPS) is 24.1. The molecule has 0 spiro atoms. The molecule has 1 saturated carbocycles. The Morgan fingerprint density at radius 3 is 2.32 bits per heavy atom. The molecule has 1 fully saturated rings. The minimum Gasteiger partial charge on any atom is -0.459 e. The van der Waals surface area contributed by atoms with E-state index in [1.807, 2.05) is 12.1 Å². The van der Waals surface area contributed by atoms with Crippen molar-refractivity contribution in [1.29, 1.82) is 0 Å². The van der Waals surface area contributed by atoms with Gasteiger partial charge in [0.05, 0.1) is 24.8 Å². The summed E-state index contributed by atoms with van der Waals surface area (Å²) in [6.07, 6.45) is 20.0. The number of nitrogens with zero attached hydrogens (tertiary/aromatic N) is 2. The third kappa shape index (κ3) is 12.2. The lowest BCUT2D eigenvalue weighted by atomic mass is 9.55. The Kier molecular flexibility index (Phi) is 19.7. The van der Waals surface area contributed by atoms with Crippen molar-refractivity contribution in [1.82, 2.24) is 10.2 Å². The van der Waals surface area contributed by atoms with Gasteiger partial charge in [0.15, 0.2) is 0 Å². The minimum absolute atomic E-state index is 0.0502. The van der Waals surface area contributed by atoms with Gasteiger partial charge in [-0.25, -0.2) is 9.59 Å². The summed E-state index contributed by atoms with van der Waals surface area (Å²) in [7, 11) is 3.21. The molecule has 320 valence electrons. The number of fused-ring (bicyclic) bond motifs is 2. The van der Waals surface area contributed by atoms with E-state index in [9.17, 15) is 19.8 Å². The van der Waals surface area contributed by atoms with Crippen LogP contribution in [-0.4, -0.2) is 92.0 Å². The molecule has 1 aromatic rings. The van der Waals surface area contributed by atoms with E-state index in [4.69, 9.17) is 23.8 Å². The first-order valence-electron chi connectivity index (χ1n) is 21.8.